The number of hydrogen-bond acceptors (Lipinski definition) is 2. The Morgan fingerprint density at radius 1 is 1.26 bits per heavy atom. The first-order valence-electron chi connectivity index (χ1n) is 7.26. The summed E-state index contributed by atoms with van der Waals surface area (Å²) >= 11 is 3.41. The number of rotatable bonds is 3. The predicted molar refractivity (Wildman–Crippen MR) is 93.4 cm³/mol. The van der Waals surface area contributed by atoms with Crippen molar-refractivity contribution in [3.8, 4) is 0 Å². The molecule has 5 heteroatoms. The van der Waals surface area contributed by atoms with Gasteiger partial charge in [-0.1, -0.05) is 46.3 Å². The van der Waals surface area contributed by atoms with Crippen molar-refractivity contribution in [2.75, 3.05) is 6.54 Å². The maximum absolute atomic E-state index is 12.4. The molecule has 0 saturated heterocycles. The highest BCUT2D eigenvalue weighted by atomic mass is 79.9. The van der Waals surface area contributed by atoms with E-state index in [4.69, 9.17) is 6.57 Å². The molecule has 2 aromatic rings. The van der Waals surface area contributed by atoms with Crippen molar-refractivity contribution in [3.63, 3.8) is 0 Å². The molecule has 0 unspecified atom stereocenters. The van der Waals surface area contributed by atoms with E-state index < -0.39 is 0 Å². The zero-order chi connectivity index (χ0) is 16.2. The van der Waals surface area contributed by atoms with Crippen LogP contribution in [0.2, 0.25) is 0 Å². The maximum atomic E-state index is 12.4. The summed E-state index contributed by atoms with van der Waals surface area (Å²) in [6, 6.07) is 15.1. The molecule has 0 spiro atoms. The molecule has 2 aromatic carbocycles. The number of amides is 1. The lowest BCUT2D eigenvalue weighted by molar-refractivity contribution is -0.130. The summed E-state index contributed by atoms with van der Waals surface area (Å²) in [6.07, 6.45) is 1.05. The molecule has 1 heterocycles. The molecule has 3 rings (SSSR count). The zero-order valence-corrected chi connectivity index (χ0v) is 14.0. The highest BCUT2D eigenvalue weighted by molar-refractivity contribution is 9.10. The van der Waals surface area contributed by atoms with Gasteiger partial charge in [-0.25, -0.2) is 9.85 Å². The third-order valence-corrected chi connectivity index (χ3v) is 4.14. The molecular weight excluding hydrogens is 354 g/mol. The maximum Gasteiger partial charge on any atom is 0.247 e. The number of nitrogens with zero attached hydrogens (tertiary/aromatic N) is 3. The zero-order valence-electron chi connectivity index (χ0n) is 12.4. The van der Waals surface area contributed by atoms with Gasteiger partial charge in [-0.05, 0) is 29.3 Å². The summed E-state index contributed by atoms with van der Waals surface area (Å²) in [4.78, 5) is 15.8. The molecule has 0 bridgehead atoms. The lowest BCUT2D eigenvalue weighted by Gasteiger charge is -2.11. The van der Waals surface area contributed by atoms with Gasteiger partial charge in [0.25, 0.3) is 0 Å². The van der Waals surface area contributed by atoms with Crippen molar-refractivity contribution in [3.05, 3.63) is 75.5 Å². The van der Waals surface area contributed by atoms with Crippen molar-refractivity contribution in [1.82, 2.24) is 5.01 Å². The number of halogens is 1. The quantitative estimate of drug-likeness (QED) is 0.749. The van der Waals surface area contributed by atoms with E-state index in [9.17, 15) is 4.79 Å². The van der Waals surface area contributed by atoms with Gasteiger partial charge in [-0.3, -0.25) is 4.79 Å². The van der Waals surface area contributed by atoms with E-state index >= 15 is 0 Å². The van der Waals surface area contributed by atoms with Crippen LogP contribution in [-0.2, 0) is 11.2 Å². The van der Waals surface area contributed by atoms with E-state index in [1.165, 1.54) is 5.01 Å². The molecule has 1 amide bonds. The molecule has 114 valence electrons. The second-order valence-electron chi connectivity index (χ2n) is 5.28. The molecule has 0 aliphatic carbocycles. The van der Waals surface area contributed by atoms with Crippen LogP contribution in [-0.4, -0.2) is 23.2 Å². The minimum Gasteiger partial charge on any atom is -0.273 e. The smallest absolute Gasteiger partial charge is 0.247 e. The molecule has 4 nitrogen and oxygen atoms in total. The molecular formula is C18H14BrN3O. The largest absolute Gasteiger partial charge is 0.273 e. The van der Waals surface area contributed by atoms with Gasteiger partial charge in [-0.2, -0.15) is 5.10 Å². The van der Waals surface area contributed by atoms with Crippen LogP contribution in [0.4, 0.5) is 5.69 Å². The Kier molecular flexibility index (Phi) is 4.54. The van der Waals surface area contributed by atoms with Crippen LogP contribution in [0.25, 0.3) is 4.85 Å². The Morgan fingerprint density at radius 2 is 2.09 bits per heavy atom. The van der Waals surface area contributed by atoms with Crippen molar-refractivity contribution in [2.24, 2.45) is 5.10 Å². The Bertz CT molecular complexity index is 823. The molecule has 23 heavy (non-hydrogen) atoms. The topological polar surface area (TPSA) is 37.0 Å². The second-order valence-corrected chi connectivity index (χ2v) is 6.20. The predicted octanol–water partition coefficient (Wildman–Crippen LogP) is 4.18. The third kappa shape index (κ3) is 3.66. The highest BCUT2D eigenvalue weighted by Crippen LogP contribution is 2.20. The normalized spacial score (nSPS) is 13.6. The van der Waals surface area contributed by atoms with Gasteiger partial charge in [0.15, 0.2) is 5.69 Å². The number of carbonyl (C=O) groups excluding carboxylic acids is 1. The van der Waals surface area contributed by atoms with Crippen LogP contribution in [0.3, 0.4) is 0 Å². The van der Waals surface area contributed by atoms with Gasteiger partial charge in [0.2, 0.25) is 5.91 Å². The van der Waals surface area contributed by atoms with Gasteiger partial charge in [0, 0.05) is 10.9 Å². The summed E-state index contributed by atoms with van der Waals surface area (Å²) in [7, 11) is 0. The average Bonchev–Trinajstić information content (AvgIpc) is 3.05. The van der Waals surface area contributed by atoms with Crippen LogP contribution < -0.4 is 0 Å². The summed E-state index contributed by atoms with van der Waals surface area (Å²) < 4.78 is 0.962. The molecule has 0 atom stereocenters. The number of benzene rings is 2. The van der Waals surface area contributed by atoms with E-state index in [2.05, 4.69) is 25.9 Å². The molecule has 1 aliphatic rings. The Hall–Kier alpha value is -2.45. The highest BCUT2D eigenvalue weighted by Gasteiger charge is 2.21. The van der Waals surface area contributed by atoms with Crippen LogP contribution in [0, 0.1) is 6.57 Å². The monoisotopic (exact) mass is 367 g/mol. The number of hydrazone groups is 1. The summed E-state index contributed by atoms with van der Waals surface area (Å²) in [6.45, 7) is 7.67. The number of carbonyl (C=O) groups is 1. The standard InChI is InChI=1S/C18H14BrN3O/c1-20-16-7-3-5-14(12-16)17-8-9-22(21-17)18(23)11-13-4-2-6-15(19)10-13/h2-7,10,12H,8-9,11H2. The van der Waals surface area contributed by atoms with Crippen molar-refractivity contribution < 1.29 is 4.79 Å². The lowest BCUT2D eigenvalue weighted by atomic mass is 10.1. The van der Waals surface area contributed by atoms with E-state index in [-0.39, 0.29) is 5.91 Å². The molecule has 0 saturated carbocycles. The van der Waals surface area contributed by atoms with E-state index in [0.29, 0.717) is 25.1 Å². The van der Waals surface area contributed by atoms with Gasteiger partial charge in [0.05, 0.1) is 25.2 Å². The molecule has 0 radical (unpaired) electrons. The summed E-state index contributed by atoms with van der Waals surface area (Å²) in [5, 5.41) is 5.97. The van der Waals surface area contributed by atoms with E-state index in [1.807, 2.05) is 42.5 Å². The second kappa shape index (κ2) is 6.76. The first kappa shape index (κ1) is 15.4. The first-order chi connectivity index (χ1) is 11.2. The minimum absolute atomic E-state index is 0.0144. The van der Waals surface area contributed by atoms with Gasteiger partial charge < -0.3 is 0 Å². The Morgan fingerprint density at radius 3 is 2.87 bits per heavy atom. The van der Waals surface area contributed by atoms with Crippen molar-refractivity contribution >= 4 is 33.2 Å². The molecule has 1 aliphatic heterocycles. The molecule has 0 aromatic heterocycles. The van der Waals surface area contributed by atoms with Crippen LogP contribution >= 0.6 is 15.9 Å². The molecule has 0 N–H and O–H groups in total. The van der Waals surface area contributed by atoms with Crippen LogP contribution in [0.15, 0.2) is 58.1 Å². The average molecular weight is 368 g/mol. The fourth-order valence-electron chi connectivity index (χ4n) is 2.51. The van der Waals surface area contributed by atoms with E-state index in [1.54, 1.807) is 6.07 Å². The van der Waals surface area contributed by atoms with Crippen molar-refractivity contribution in [1.29, 1.82) is 0 Å². The van der Waals surface area contributed by atoms with Gasteiger partial charge >= 0.3 is 0 Å². The van der Waals surface area contributed by atoms with Crippen LogP contribution in [0.5, 0.6) is 0 Å². The fraction of sp³-hybridized carbons (Fsp3) is 0.167. The van der Waals surface area contributed by atoms with E-state index in [0.717, 1.165) is 21.3 Å². The van der Waals surface area contributed by atoms with Gasteiger partial charge in [0.1, 0.15) is 0 Å². The summed E-state index contributed by atoms with van der Waals surface area (Å²) in [5.41, 5.74) is 3.32. The minimum atomic E-state index is -0.0144. The van der Waals surface area contributed by atoms with Crippen LogP contribution in [0.1, 0.15) is 17.5 Å². The Labute approximate surface area is 143 Å². The number of hydrogen-bond donors (Lipinski definition) is 0. The first-order valence-corrected chi connectivity index (χ1v) is 8.05. The SMILES string of the molecule is [C-]#[N+]c1cccc(C2=NN(C(=O)Cc3cccc(Br)c3)CC2)c1. The Balaban J connectivity index is 1.74. The fourth-order valence-corrected chi connectivity index (χ4v) is 2.95. The van der Waals surface area contributed by atoms with Gasteiger partial charge in [-0.15, -0.1) is 0 Å². The third-order valence-electron chi connectivity index (χ3n) is 3.64. The molecule has 0 fully saturated rings. The summed E-state index contributed by atoms with van der Waals surface area (Å²) in [5.74, 6) is -0.0144. The van der Waals surface area contributed by atoms with Crippen molar-refractivity contribution in [2.45, 2.75) is 12.8 Å². The lowest BCUT2D eigenvalue weighted by Crippen LogP contribution is -2.25.